The molecule has 0 amide bonds. The van der Waals surface area contributed by atoms with E-state index in [1.165, 1.54) is 0 Å². The molecule has 0 saturated carbocycles. The summed E-state index contributed by atoms with van der Waals surface area (Å²) in [6.45, 7) is -1.22. The lowest BCUT2D eigenvalue weighted by atomic mass is 10.3. The molecule has 0 aromatic heterocycles. The van der Waals surface area contributed by atoms with E-state index in [9.17, 15) is 35.2 Å². The van der Waals surface area contributed by atoms with E-state index < -0.39 is 56.5 Å². The molecule has 11 heteroatoms. The van der Waals surface area contributed by atoms with Crippen molar-refractivity contribution in [2.75, 3.05) is 13.6 Å². The maximum Gasteiger partial charge on any atom is 0.318 e. The predicted molar refractivity (Wildman–Crippen MR) is 53.7 cm³/mol. The number of carboxylic acid groups (broad SMARTS) is 1. The molecule has 0 heterocycles. The van der Waals surface area contributed by atoms with Gasteiger partial charge < -0.3 is 5.11 Å². The normalized spacial score (nSPS) is 11.9. The van der Waals surface area contributed by atoms with Gasteiger partial charge in [0.15, 0.2) is 28.2 Å². The molecule has 0 aliphatic heterocycles. The smallest absolute Gasteiger partial charge is 0.318 e. The molecular weight excluding hydrogens is 313 g/mol. The molecule has 0 spiro atoms. The van der Waals surface area contributed by atoms with Crippen LogP contribution in [0.25, 0.3) is 0 Å². The van der Waals surface area contributed by atoms with Crippen LogP contribution in [-0.2, 0) is 14.8 Å². The Morgan fingerprint density at radius 2 is 1.35 bits per heavy atom. The number of hydrogen-bond acceptors (Lipinski definition) is 3. The highest BCUT2D eigenvalue weighted by Crippen LogP contribution is 2.28. The highest BCUT2D eigenvalue weighted by atomic mass is 32.2. The molecule has 1 N–H and O–H groups in total. The zero-order chi connectivity index (χ0) is 15.8. The first kappa shape index (κ1) is 16.3. The minimum absolute atomic E-state index is 0.0619. The number of carboxylic acids is 1. The quantitative estimate of drug-likeness (QED) is 0.512. The van der Waals surface area contributed by atoms with Gasteiger partial charge in [0.2, 0.25) is 15.8 Å². The van der Waals surface area contributed by atoms with E-state index in [1.54, 1.807) is 0 Å². The third-order valence-electron chi connectivity index (χ3n) is 2.20. The van der Waals surface area contributed by atoms with Gasteiger partial charge in [-0.3, -0.25) is 4.79 Å². The third-order valence-corrected chi connectivity index (χ3v) is 4.02. The first-order valence-electron chi connectivity index (χ1n) is 4.71. The zero-order valence-electron chi connectivity index (χ0n) is 9.62. The van der Waals surface area contributed by atoms with E-state index in [4.69, 9.17) is 5.11 Å². The molecule has 1 rings (SSSR count). The number of carbonyl (C=O) groups is 1. The molecule has 0 aliphatic carbocycles. The summed E-state index contributed by atoms with van der Waals surface area (Å²) in [5, 5.41) is 8.38. The summed E-state index contributed by atoms with van der Waals surface area (Å²) in [5.74, 6) is -14.2. The summed E-state index contributed by atoms with van der Waals surface area (Å²) in [4.78, 5) is 8.24. The molecule has 1 aromatic rings. The Morgan fingerprint density at radius 1 is 1.00 bits per heavy atom. The number of hydrogen-bond donors (Lipinski definition) is 1. The second-order valence-electron chi connectivity index (χ2n) is 3.55. The van der Waals surface area contributed by atoms with E-state index in [1.807, 2.05) is 0 Å². The molecule has 0 saturated heterocycles. The van der Waals surface area contributed by atoms with E-state index in [0.29, 0.717) is 7.05 Å². The number of benzene rings is 1. The van der Waals surface area contributed by atoms with Crippen LogP contribution in [0.3, 0.4) is 0 Å². The van der Waals surface area contributed by atoms with Crippen LogP contribution in [0.4, 0.5) is 22.0 Å². The number of aliphatic carboxylic acids is 1. The monoisotopic (exact) mass is 319 g/mol. The van der Waals surface area contributed by atoms with Gasteiger partial charge >= 0.3 is 5.97 Å². The minimum atomic E-state index is -5.20. The SMILES string of the molecule is CN(CC(=O)O)S(=O)(=O)c1c(F)c(F)c(F)c(F)c1F. The second kappa shape index (κ2) is 5.32. The van der Waals surface area contributed by atoms with Crippen molar-refractivity contribution in [2.45, 2.75) is 4.90 Å². The minimum Gasteiger partial charge on any atom is -0.480 e. The molecule has 0 radical (unpaired) electrons. The number of nitrogens with zero attached hydrogens (tertiary/aromatic N) is 1. The van der Waals surface area contributed by atoms with Gasteiger partial charge in [-0.25, -0.2) is 30.4 Å². The average molecular weight is 319 g/mol. The first-order chi connectivity index (χ1) is 9.01. The standard InChI is InChI=1S/C9H6F5NO4S/c1-15(2-3(16)17)20(18,19)9-7(13)5(11)4(10)6(12)8(9)14/h2H2,1H3,(H,16,17). The van der Waals surface area contributed by atoms with Gasteiger partial charge in [-0.1, -0.05) is 0 Å². The van der Waals surface area contributed by atoms with E-state index in [0.717, 1.165) is 0 Å². The van der Waals surface area contributed by atoms with Crippen LogP contribution in [0, 0.1) is 29.1 Å². The van der Waals surface area contributed by atoms with Crippen LogP contribution in [0.1, 0.15) is 0 Å². The van der Waals surface area contributed by atoms with Crippen LogP contribution in [0.2, 0.25) is 0 Å². The summed E-state index contributed by atoms with van der Waals surface area (Å²) in [6.07, 6.45) is 0. The van der Waals surface area contributed by atoms with E-state index in [2.05, 4.69) is 0 Å². The van der Waals surface area contributed by atoms with Crippen LogP contribution >= 0.6 is 0 Å². The average Bonchev–Trinajstić information content (AvgIpc) is 2.33. The van der Waals surface area contributed by atoms with E-state index >= 15 is 0 Å². The lowest BCUT2D eigenvalue weighted by Gasteiger charge is -2.16. The van der Waals surface area contributed by atoms with Crippen molar-refractivity contribution in [3.63, 3.8) is 0 Å². The number of rotatable bonds is 4. The fourth-order valence-electron chi connectivity index (χ4n) is 1.24. The van der Waals surface area contributed by atoms with Crippen molar-refractivity contribution in [3.05, 3.63) is 29.1 Å². The Labute approximate surface area is 109 Å². The molecule has 0 unspecified atom stereocenters. The van der Waals surface area contributed by atoms with Crippen LogP contribution in [0.15, 0.2) is 4.90 Å². The Hall–Kier alpha value is -1.75. The van der Waals surface area contributed by atoms with Crippen molar-refractivity contribution >= 4 is 16.0 Å². The number of sulfonamides is 1. The van der Waals surface area contributed by atoms with Gasteiger partial charge in [0.05, 0.1) is 0 Å². The van der Waals surface area contributed by atoms with Gasteiger partial charge in [-0.15, -0.1) is 0 Å². The fraction of sp³-hybridized carbons (Fsp3) is 0.222. The Balaban J connectivity index is 3.59. The van der Waals surface area contributed by atoms with E-state index in [-0.39, 0.29) is 4.31 Å². The second-order valence-corrected chi connectivity index (χ2v) is 5.54. The summed E-state index contributed by atoms with van der Waals surface area (Å²) in [5.41, 5.74) is 0. The Kier molecular flexibility index (Phi) is 4.34. The zero-order valence-corrected chi connectivity index (χ0v) is 10.4. The Morgan fingerprint density at radius 3 is 1.70 bits per heavy atom. The van der Waals surface area contributed by atoms with Gasteiger partial charge in [0.25, 0.3) is 0 Å². The molecule has 1 aromatic carbocycles. The fourth-order valence-corrected chi connectivity index (χ4v) is 2.47. The maximum atomic E-state index is 13.3. The topological polar surface area (TPSA) is 74.7 Å². The molecule has 0 bridgehead atoms. The molecule has 20 heavy (non-hydrogen) atoms. The molecule has 0 atom stereocenters. The van der Waals surface area contributed by atoms with Gasteiger partial charge in [-0.05, 0) is 0 Å². The predicted octanol–water partition coefficient (Wildman–Crippen LogP) is 1.09. The van der Waals surface area contributed by atoms with Crippen LogP contribution in [0.5, 0.6) is 0 Å². The summed E-state index contributed by atoms with van der Waals surface area (Å²) < 4.78 is 88.4. The maximum absolute atomic E-state index is 13.3. The number of halogens is 5. The lowest BCUT2D eigenvalue weighted by molar-refractivity contribution is -0.137. The third kappa shape index (κ3) is 2.58. The number of likely N-dealkylation sites (N-methyl/N-ethyl adjacent to an activating group) is 1. The van der Waals surface area contributed by atoms with Crippen molar-refractivity contribution in [3.8, 4) is 0 Å². The largest absolute Gasteiger partial charge is 0.480 e. The van der Waals surface area contributed by atoms with Gasteiger partial charge in [-0.2, -0.15) is 4.31 Å². The first-order valence-corrected chi connectivity index (χ1v) is 6.15. The van der Waals surface area contributed by atoms with Crippen molar-refractivity contribution < 1.29 is 40.3 Å². The summed E-state index contributed by atoms with van der Waals surface area (Å²) in [6, 6.07) is 0. The molecule has 0 fully saturated rings. The molecule has 5 nitrogen and oxygen atoms in total. The van der Waals surface area contributed by atoms with Crippen molar-refractivity contribution in [1.29, 1.82) is 0 Å². The summed E-state index contributed by atoms with van der Waals surface area (Å²) >= 11 is 0. The molecule has 0 aliphatic rings. The van der Waals surface area contributed by atoms with Gasteiger partial charge in [0, 0.05) is 7.05 Å². The lowest BCUT2D eigenvalue weighted by Crippen LogP contribution is -2.33. The van der Waals surface area contributed by atoms with Crippen molar-refractivity contribution in [1.82, 2.24) is 4.31 Å². The summed E-state index contributed by atoms with van der Waals surface area (Å²) in [7, 11) is -4.59. The van der Waals surface area contributed by atoms with Crippen molar-refractivity contribution in [2.24, 2.45) is 0 Å². The highest BCUT2D eigenvalue weighted by Gasteiger charge is 2.36. The van der Waals surface area contributed by atoms with Crippen LogP contribution < -0.4 is 0 Å². The van der Waals surface area contributed by atoms with Gasteiger partial charge in [0.1, 0.15) is 6.54 Å². The Bertz CT molecular complexity index is 646. The van der Waals surface area contributed by atoms with Crippen LogP contribution in [-0.4, -0.2) is 37.4 Å². The highest BCUT2D eigenvalue weighted by molar-refractivity contribution is 7.89. The molecule has 112 valence electrons. The molecular formula is C9H6F5NO4S.